The minimum atomic E-state index is -0.949. The molecule has 1 heterocycles. The van der Waals surface area contributed by atoms with E-state index in [2.05, 4.69) is 5.16 Å². The van der Waals surface area contributed by atoms with Crippen molar-refractivity contribution >= 4 is 11.9 Å². The van der Waals surface area contributed by atoms with Crippen molar-refractivity contribution < 1.29 is 24.0 Å². The van der Waals surface area contributed by atoms with E-state index in [9.17, 15) is 9.59 Å². The van der Waals surface area contributed by atoms with Gasteiger partial charge in [0.15, 0.2) is 11.5 Å². The minimum Gasteiger partial charge on any atom is -0.481 e. The lowest BCUT2D eigenvalue weighted by Crippen LogP contribution is -2.33. The van der Waals surface area contributed by atoms with Gasteiger partial charge in [-0.1, -0.05) is 12.1 Å². The third-order valence-corrected chi connectivity index (χ3v) is 2.38. The molecule has 7 nitrogen and oxygen atoms in total. The van der Waals surface area contributed by atoms with Crippen LogP contribution in [0.25, 0.3) is 0 Å². The molecule has 0 saturated heterocycles. The molecule has 0 aliphatic carbocycles. The first-order chi connectivity index (χ1) is 8.45. The smallest absolute Gasteiger partial charge is 0.308 e. The summed E-state index contributed by atoms with van der Waals surface area (Å²) in [7, 11) is 3.02. The van der Waals surface area contributed by atoms with Gasteiger partial charge >= 0.3 is 5.97 Å². The molecule has 0 spiro atoms. The van der Waals surface area contributed by atoms with Crippen LogP contribution in [0, 0.1) is 5.92 Å². The van der Waals surface area contributed by atoms with Crippen molar-refractivity contribution in [2.75, 3.05) is 20.7 Å². The minimum absolute atomic E-state index is 0.112. The Labute approximate surface area is 104 Å². The van der Waals surface area contributed by atoms with Crippen molar-refractivity contribution in [1.29, 1.82) is 0 Å². The van der Waals surface area contributed by atoms with Crippen LogP contribution in [0.4, 0.5) is 0 Å². The highest BCUT2D eigenvalue weighted by Crippen LogP contribution is 2.08. The van der Waals surface area contributed by atoms with Crippen LogP contribution >= 0.6 is 0 Å². The first-order valence-corrected chi connectivity index (χ1v) is 5.38. The normalized spacial score (nSPS) is 12.2. The summed E-state index contributed by atoms with van der Waals surface area (Å²) in [6, 6.07) is 1.48. The molecule has 1 atom stereocenters. The Balaban J connectivity index is 2.64. The average Bonchev–Trinajstić information content (AvgIpc) is 2.76. The Bertz CT molecular complexity index is 429. The fourth-order valence-corrected chi connectivity index (χ4v) is 1.39. The molecule has 0 saturated carbocycles. The molecule has 0 aliphatic heterocycles. The molecule has 1 rings (SSSR count). The number of hydrogen-bond donors (Lipinski definition) is 1. The van der Waals surface area contributed by atoms with Crippen LogP contribution in [0.2, 0.25) is 0 Å². The fourth-order valence-electron chi connectivity index (χ4n) is 1.39. The van der Waals surface area contributed by atoms with Gasteiger partial charge in [0, 0.05) is 26.8 Å². The Morgan fingerprint density at radius 1 is 1.61 bits per heavy atom. The van der Waals surface area contributed by atoms with E-state index in [1.807, 2.05) is 0 Å². The molecular formula is C11H16N2O5. The lowest BCUT2D eigenvalue weighted by Gasteiger charge is -2.17. The maximum Gasteiger partial charge on any atom is 0.308 e. The third-order valence-electron chi connectivity index (χ3n) is 2.38. The molecule has 0 bridgehead atoms. The average molecular weight is 256 g/mol. The molecule has 0 aromatic carbocycles. The van der Waals surface area contributed by atoms with Crippen molar-refractivity contribution in [3.63, 3.8) is 0 Å². The molecule has 0 fully saturated rings. The molecule has 1 aromatic rings. The van der Waals surface area contributed by atoms with E-state index >= 15 is 0 Å². The van der Waals surface area contributed by atoms with E-state index in [-0.39, 0.29) is 24.8 Å². The highest BCUT2D eigenvalue weighted by atomic mass is 16.5. The number of hydrogen-bond acceptors (Lipinski definition) is 5. The largest absolute Gasteiger partial charge is 0.481 e. The fraction of sp³-hybridized carbons (Fsp3) is 0.545. The Kier molecular flexibility index (Phi) is 4.85. The third kappa shape index (κ3) is 3.56. The highest BCUT2D eigenvalue weighted by Gasteiger charge is 2.21. The van der Waals surface area contributed by atoms with Crippen molar-refractivity contribution in [2.45, 2.75) is 13.5 Å². The van der Waals surface area contributed by atoms with Crippen molar-refractivity contribution in [3.05, 3.63) is 17.5 Å². The number of rotatable bonds is 6. The summed E-state index contributed by atoms with van der Waals surface area (Å²) in [6.07, 6.45) is 0. The zero-order valence-electron chi connectivity index (χ0n) is 10.5. The van der Waals surface area contributed by atoms with E-state index in [0.29, 0.717) is 5.76 Å². The van der Waals surface area contributed by atoms with Gasteiger partial charge in [-0.15, -0.1) is 0 Å². The second kappa shape index (κ2) is 6.15. The first kappa shape index (κ1) is 14.2. The van der Waals surface area contributed by atoms with Crippen LogP contribution in [-0.2, 0) is 16.1 Å². The van der Waals surface area contributed by atoms with Gasteiger partial charge in [0.25, 0.3) is 5.91 Å². The summed E-state index contributed by atoms with van der Waals surface area (Å²) in [6.45, 7) is 1.88. The van der Waals surface area contributed by atoms with Gasteiger partial charge in [0.05, 0.1) is 5.92 Å². The van der Waals surface area contributed by atoms with Crippen LogP contribution in [-0.4, -0.2) is 47.7 Å². The predicted octanol–water partition coefficient (Wildman–Crippen LogP) is 0.614. The van der Waals surface area contributed by atoms with Crippen molar-refractivity contribution in [1.82, 2.24) is 10.1 Å². The van der Waals surface area contributed by atoms with Gasteiger partial charge in [0.1, 0.15) is 6.61 Å². The number of ether oxygens (including phenoxy) is 1. The van der Waals surface area contributed by atoms with Crippen molar-refractivity contribution in [3.8, 4) is 0 Å². The van der Waals surface area contributed by atoms with Gasteiger partial charge in [-0.2, -0.15) is 0 Å². The van der Waals surface area contributed by atoms with Gasteiger partial charge in [-0.05, 0) is 0 Å². The first-order valence-electron chi connectivity index (χ1n) is 5.38. The maximum atomic E-state index is 11.9. The molecule has 1 amide bonds. The van der Waals surface area contributed by atoms with Gasteiger partial charge < -0.3 is 19.3 Å². The number of amides is 1. The number of carboxylic acids is 1. The summed E-state index contributed by atoms with van der Waals surface area (Å²) >= 11 is 0. The van der Waals surface area contributed by atoms with Gasteiger partial charge in [0.2, 0.25) is 0 Å². The van der Waals surface area contributed by atoms with Gasteiger partial charge in [-0.3, -0.25) is 9.59 Å². The second-order valence-electron chi connectivity index (χ2n) is 4.04. The molecule has 0 radical (unpaired) electrons. The predicted molar refractivity (Wildman–Crippen MR) is 61.0 cm³/mol. The highest BCUT2D eigenvalue weighted by molar-refractivity contribution is 5.92. The monoisotopic (exact) mass is 256 g/mol. The Hall–Kier alpha value is -1.89. The number of carbonyl (C=O) groups excluding carboxylic acids is 1. The summed E-state index contributed by atoms with van der Waals surface area (Å²) < 4.78 is 9.73. The lowest BCUT2D eigenvalue weighted by molar-refractivity contribution is -0.141. The zero-order chi connectivity index (χ0) is 13.7. The SMILES string of the molecule is COCc1cc(C(=O)N(C)CC(C)C(=O)O)no1. The number of carboxylic acid groups (broad SMARTS) is 1. The summed E-state index contributed by atoms with van der Waals surface area (Å²) in [4.78, 5) is 23.9. The van der Waals surface area contributed by atoms with Crippen LogP contribution < -0.4 is 0 Å². The van der Waals surface area contributed by atoms with E-state index in [4.69, 9.17) is 14.4 Å². The van der Waals surface area contributed by atoms with Crippen molar-refractivity contribution in [2.24, 2.45) is 5.92 Å². The zero-order valence-corrected chi connectivity index (χ0v) is 10.5. The van der Waals surface area contributed by atoms with Crippen LogP contribution in [0.5, 0.6) is 0 Å². The van der Waals surface area contributed by atoms with Crippen LogP contribution in [0.15, 0.2) is 10.6 Å². The maximum absolute atomic E-state index is 11.9. The van der Waals surface area contributed by atoms with E-state index < -0.39 is 11.9 Å². The Morgan fingerprint density at radius 2 is 2.28 bits per heavy atom. The summed E-state index contributed by atoms with van der Waals surface area (Å²) in [5.74, 6) is -1.52. The number of aliphatic carboxylic acids is 1. The number of nitrogens with zero attached hydrogens (tertiary/aromatic N) is 2. The molecule has 1 unspecified atom stereocenters. The lowest BCUT2D eigenvalue weighted by atomic mass is 10.1. The van der Waals surface area contributed by atoms with Crippen LogP contribution in [0.3, 0.4) is 0 Å². The molecule has 100 valence electrons. The molecule has 0 aliphatic rings. The standard InChI is InChI=1S/C11H16N2O5/c1-7(11(15)16)5-13(2)10(14)9-4-8(6-17-3)18-12-9/h4,7H,5-6H2,1-3H3,(H,15,16). The number of aromatic nitrogens is 1. The van der Waals surface area contributed by atoms with Crippen LogP contribution in [0.1, 0.15) is 23.2 Å². The molecular weight excluding hydrogens is 240 g/mol. The molecule has 1 aromatic heterocycles. The molecule has 7 heteroatoms. The van der Waals surface area contributed by atoms with E-state index in [1.54, 1.807) is 0 Å². The Morgan fingerprint density at radius 3 is 2.83 bits per heavy atom. The van der Waals surface area contributed by atoms with Gasteiger partial charge in [-0.25, -0.2) is 0 Å². The van der Waals surface area contributed by atoms with E-state index in [1.165, 1.54) is 32.0 Å². The summed E-state index contributed by atoms with van der Waals surface area (Å²) in [5.41, 5.74) is 0.141. The quantitative estimate of drug-likeness (QED) is 0.801. The van der Waals surface area contributed by atoms with E-state index in [0.717, 1.165) is 0 Å². The topological polar surface area (TPSA) is 92.9 Å². The molecule has 1 N–H and O–H groups in total. The molecule has 18 heavy (non-hydrogen) atoms. The summed E-state index contributed by atoms with van der Waals surface area (Å²) in [5, 5.41) is 12.4. The number of carbonyl (C=O) groups is 2. The number of methoxy groups -OCH3 is 1. The second-order valence-corrected chi connectivity index (χ2v) is 4.04.